The van der Waals surface area contributed by atoms with E-state index in [0.717, 1.165) is 18.7 Å². The lowest BCUT2D eigenvalue weighted by Gasteiger charge is -2.19. The van der Waals surface area contributed by atoms with E-state index in [-0.39, 0.29) is 0 Å². The van der Waals surface area contributed by atoms with E-state index in [1.807, 2.05) is 7.11 Å². The first-order chi connectivity index (χ1) is 8.74. The van der Waals surface area contributed by atoms with Crippen molar-refractivity contribution in [3.05, 3.63) is 18.0 Å². The zero-order valence-corrected chi connectivity index (χ0v) is 11.7. The molecule has 1 saturated carbocycles. The lowest BCUT2D eigenvalue weighted by Crippen LogP contribution is -2.36. The fourth-order valence-corrected chi connectivity index (χ4v) is 2.58. The second-order valence-corrected chi connectivity index (χ2v) is 5.24. The summed E-state index contributed by atoms with van der Waals surface area (Å²) in [7, 11) is 1.81. The molecule has 1 heterocycles. The molecule has 1 aromatic rings. The highest BCUT2D eigenvalue weighted by Gasteiger charge is 2.26. The van der Waals surface area contributed by atoms with Gasteiger partial charge in [-0.1, -0.05) is 6.92 Å². The maximum absolute atomic E-state index is 5.48. The van der Waals surface area contributed by atoms with Crippen LogP contribution in [0.25, 0.3) is 0 Å². The molecule has 1 aliphatic rings. The first kappa shape index (κ1) is 13.6. The number of ether oxygens (including phenoxy) is 1. The molecule has 1 N–H and O–H groups in total. The average Bonchev–Trinajstić information content (AvgIpc) is 3.03. The van der Waals surface area contributed by atoms with Crippen LogP contribution in [0.1, 0.15) is 51.3 Å². The second kappa shape index (κ2) is 6.34. The molecule has 4 heteroatoms. The van der Waals surface area contributed by atoms with Crippen LogP contribution in [0.3, 0.4) is 0 Å². The van der Waals surface area contributed by atoms with Crippen LogP contribution in [-0.4, -0.2) is 29.0 Å². The van der Waals surface area contributed by atoms with Crippen LogP contribution in [0, 0.1) is 0 Å². The molecule has 1 aromatic heterocycles. The van der Waals surface area contributed by atoms with Crippen LogP contribution in [-0.2, 0) is 11.3 Å². The van der Waals surface area contributed by atoms with Crippen molar-refractivity contribution in [1.29, 1.82) is 0 Å². The van der Waals surface area contributed by atoms with Gasteiger partial charge in [-0.2, -0.15) is 5.10 Å². The summed E-state index contributed by atoms with van der Waals surface area (Å²) in [4.78, 5) is 0. The van der Waals surface area contributed by atoms with E-state index in [1.54, 1.807) is 0 Å². The van der Waals surface area contributed by atoms with Gasteiger partial charge >= 0.3 is 0 Å². The van der Waals surface area contributed by atoms with Gasteiger partial charge in [-0.3, -0.25) is 4.68 Å². The van der Waals surface area contributed by atoms with Gasteiger partial charge in [-0.05, 0) is 38.7 Å². The maximum atomic E-state index is 5.48. The van der Waals surface area contributed by atoms with Gasteiger partial charge in [0.2, 0.25) is 0 Å². The number of rotatable bonds is 6. The first-order valence-electron chi connectivity index (χ1n) is 7.04. The third kappa shape index (κ3) is 3.12. The second-order valence-electron chi connectivity index (χ2n) is 5.24. The van der Waals surface area contributed by atoms with Gasteiger partial charge in [-0.25, -0.2) is 0 Å². The number of hydrogen-bond acceptors (Lipinski definition) is 3. The molecular weight excluding hydrogens is 226 g/mol. The van der Waals surface area contributed by atoms with Crippen molar-refractivity contribution in [2.45, 2.75) is 64.3 Å². The van der Waals surface area contributed by atoms with Gasteiger partial charge in [0.1, 0.15) is 0 Å². The molecule has 18 heavy (non-hydrogen) atoms. The van der Waals surface area contributed by atoms with E-state index in [1.165, 1.54) is 19.3 Å². The molecule has 3 atom stereocenters. The molecule has 1 aliphatic carbocycles. The molecule has 0 radical (unpaired) electrons. The Morgan fingerprint density at radius 1 is 1.56 bits per heavy atom. The zero-order chi connectivity index (χ0) is 13.0. The standard InChI is InChI=1S/C14H25N3O/c1-4-11(2)17-9-8-12(16-17)10-15-13-6-5-7-14(13)18-3/h8-9,11,13-15H,4-7,10H2,1-3H3. The molecular formula is C14H25N3O. The molecule has 3 unspecified atom stereocenters. The van der Waals surface area contributed by atoms with Gasteiger partial charge in [-0.15, -0.1) is 0 Å². The quantitative estimate of drug-likeness (QED) is 0.844. The van der Waals surface area contributed by atoms with Crippen molar-refractivity contribution in [1.82, 2.24) is 15.1 Å². The Kier molecular flexibility index (Phi) is 4.78. The molecule has 0 bridgehead atoms. The van der Waals surface area contributed by atoms with Crippen LogP contribution >= 0.6 is 0 Å². The molecule has 2 rings (SSSR count). The predicted molar refractivity (Wildman–Crippen MR) is 72.5 cm³/mol. The van der Waals surface area contributed by atoms with Crippen molar-refractivity contribution in [3.8, 4) is 0 Å². The third-order valence-electron chi connectivity index (χ3n) is 4.01. The van der Waals surface area contributed by atoms with Crippen molar-refractivity contribution in [3.63, 3.8) is 0 Å². The Morgan fingerprint density at radius 2 is 2.39 bits per heavy atom. The smallest absolute Gasteiger partial charge is 0.0762 e. The SMILES string of the molecule is CCC(C)n1ccc(CNC2CCCC2OC)n1. The van der Waals surface area contributed by atoms with Crippen LogP contribution in [0.2, 0.25) is 0 Å². The zero-order valence-electron chi connectivity index (χ0n) is 11.7. The molecule has 4 nitrogen and oxygen atoms in total. The van der Waals surface area contributed by atoms with Crippen LogP contribution < -0.4 is 5.32 Å². The predicted octanol–water partition coefficient (Wildman–Crippen LogP) is 2.51. The highest BCUT2D eigenvalue weighted by atomic mass is 16.5. The summed E-state index contributed by atoms with van der Waals surface area (Å²) in [5, 5.41) is 8.17. The van der Waals surface area contributed by atoms with Crippen molar-refractivity contribution < 1.29 is 4.74 Å². The average molecular weight is 251 g/mol. The number of methoxy groups -OCH3 is 1. The van der Waals surface area contributed by atoms with E-state index in [2.05, 4.69) is 41.2 Å². The summed E-state index contributed by atoms with van der Waals surface area (Å²) < 4.78 is 7.54. The van der Waals surface area contributed by atoms with Crippen molar-refractivity contribution >= 4 is 0 Å². The van der Waals surface area contributed by atoms with Gasteiger partial charge in [0.25, 0.3) is 0 Å². The number of hydrogen-bond donors (Lipinski definition) is 1. The van der Waals surface area contributed by atoms with E-state index in [4.69, 9.17) is 4.74 Å². The molecule has 0 aliphatic heterocycles. The number of aromatic nitrogens is 2. The Morgan fingerprint density at radius 3 is 3.11 bits per heavy atom. The molecule has 1 fully saturated rings. The summed E-state index contributed by atoms with van der Waals surface area (Å²) in [6.07, 6.45) is 7.22. The fourth-order valence-electron chi connectivity index (χ4n) is 2.58. The highest BCUT2D eigenvalue weighted by molar-refractivity contribution is 5.00. The molecule has 0 spiro atoms. The van der Waals surface area contributed by atoms with Gasteiger partial charge in [0.05, 0.1) is 11.8 Å². The van der Waals surface area contributed by atoms with Crippen LogP contribution in [0.4, 0.5) is 0 Å². The third-order valence-corrected chi connectivity index (χ3v) is 4.01. The highest BCUT2D eigenvalue weighted by Crippen LogP contribution is 2.21. The van der Waals surface area contributed by atoms with E-state index in [0.29, 0.717) is 18.2 Å². The van der Waals surface area contributed by atoms with E-state index >= 15 is 0 Å². The Labute approximate surface area is 110 Å². The van der Waals surface area contributed by atoms with Gasteiger partial charge in [0.15, 0.2) is 0 Å². The van der Waals surface area contributed by atoms with E-state index < -0.39 is 0 Å². The number of nitrogens with zero attached hydrogens (tertiary/aromatic N) is 2. The minimum Gasteiger partial charge on any atom is -0.380 e. The monoisotopic (exact) mass is 251 g/mol. The lowest BCUT2D eigenvalue weighted by molar-refractivity contribution is 0.0846. The van der Waals surface area contributed by atoms with Crippen molar-refractivity contribution in [2.75, 3.05) is 7.11 Å². The Hall–Kier alpha value is -0.870. The summed E-state index contributed by atoms with van der Waals surface area (Å²) >= 11 is 0. The summed E-state index contributed by atoms with van der Waals surface area (Å²) in [5.41, 5.74) is 1.12. The van der Waals surface area contributed by atoms with E-state index in [9.17, 15) is 0 Å². The van der Waals surface area contributed by atoms with Crippen LogP contribution in [0.5, 0.6) is 0 Å². The minimum absolute atomic E-state index is 0.377. The minimum atomic E-state index is 0.377. The topological polar surface area (TPSA) is 39.1 Å². The van der Waals surface area contributed by atoms with Crippen LogP contribution in [0.15, 0.2) is 12.3 Å². The Bertz CT molecular complexity index is 364. The normalized spacial score (nSPS) is 25.5. The molecule has 102 valence electrons. The first-order valence-corrected chi connectivity index (χ1v) is 7.04. The molecule has 0 saturated heterocycles. The maximum Gasteiger partial charge on any atom is 0.0762 e. The molecule has 0 aromatic carbocycles. The summed E-state index contributed by atoms with van der Waals surface area (Å²) in [6.45, 7) is 5.22. The lowest BCUT2D eigenvalue weighted by atomic mass is 10.2. The fraction of sp³-hybridized carbons (Fsp3) is 0.786. The van der Waals surface area contributed by atoms with Crippen molar-refractivity contribution in [2.24, 2.45) is 0 Å². The summed E-state index contributed by atoms with van der Waals surface area (Å²) in [6, 6.07) is 3.08. The largest absolute Gasteiger partial charge is 0.380 e. The van der Waals surface area contributed by atoms with Gasteiger partial charge < -0.3 is 10.1 Å². The number of nitrogens with one attached hydrogen (secondary N) is 1. The molecule has 0 amide bonds. The van der Waals surface area contributed by atoms with Gasteiger partial charge in [0, 0.05) is 31.9 Å². The Balaban J connectivity index is 1.84. The summed E-state index contributed by atoms with van der Waals surface area (Å²) in [5.74, 6) is 0.